The molecule has 0 aliphatic carbocycles. The normalized spacial score (nSPS) is 17.9. The number of likely N-dealkylation sites (tertiary alicyclic amines) is 1. The summed E-state index contributed by atoms with van der Waals surface area (Å²) >= 11 is 0. The quantitative estimate of drug-likeness (QED) is 0.284. The fraction of sp³-hybridized carbons (Fsp3) is 0.429. The first-order valence-corrected chi connectivity index (χ1v) is 12.7. The SMILES string of the molecule is COc1ccc2ncc(C)c(CCCC3CC(C(=O)NO)CCN3CCOc3c(F)cc(F)cc3F)c2c1. The number of ether oxygens (including phenoxy) is 2. The molecule has 2 heterocycles. The number of halogens is 3. The zero-order chi connectivity index (χ0) is 27.2. The second-order valence-electron chi connectivity index (χ2n) is 9.63. The van der Waals surface area contributed by atoms with E-state index in [1.54, 1.807) is 12.6 Å². The van der Waals surface area contributed by atoms with Crippen molar-refractivity contribution in [3.8, 4) is 11.5 Å². The van der Waals surface area contributed by atoms with Crippen molar-refractivity contribution in [3.05, 3.63) is 65.1 Å². The molecule has 1 aliphatic heterocycles. The maximum Gasteiger partial charge on any atom is 0.246 e. The molecule has 0 spiro atoms. The molecular weight excluding hydrogens is 499 g/mol. The summed E-state index contributed by atoms with van der Waals surface area (Å²) in [6.45, 7) is 2.97. The fourth-order valence-electron chi connectivity index (χ4n) is 5.26. The Morgan fingerprint density at radius 3 is 2.68 bits per heavy atom. The molecule has 1 amide bonds. The van der Waals surface area contributed by atoms with E-state index in [9.17, 15) is 18.0 Å². The first-order chi connectivity index (χ1) is 18.3. The molecule has 2 N–H and O–H groups in total. The zero-order valence-corrected chi connectivity index (χ0v) is 21.5. The van der Waals surface area contributed by atoms with E-state index in [2.05, 4.69) is 9.88 Å². The van der Waals surface area contributed by atoms with E-state index in [0.717, 1.165) is 41.5 Å². The van der Waals surface area contributed by atoms with Crippen molar-refractivity contribution in [3.63, 3.8) is 0 Å². The highest BCUT2D eigenvalue weighted by Gasteiger charge is 2.32. The van der Waals surface area contributed by atoms with Gasteiger partial charge in [0, 0.05) is 42.2 Å². The van der Waals surface area contributed by atoms with Gasteiger partial charge in [0.2, 0.25) is 5.91 Å². The molecule has 3 aromatic rings. The predicted octanol–water partition coefficient (Wildman–Crippen LogP) is 4.96. The molecule has 1 saturated heterocycles. The molecule has 1 aromatic heterocycles. The Bertz CT molecular complexity index is 1270. The van der Waals surface area contributed by atoms with Crippen molar-refractivity contribution < 1.29 is 32.6 Å². The molecule has 10 heteroatoms. The number of nitrogens with zero attached hydrogens (tertiary/aromatic N) is 2. The van der Waals surface area contributed by atoms with Gasteiger partial charge in [-0.15, -0.1) is 0 Å². The first kappa shape index (κ1) is 27.7. The third-order valence-electron chi connectivity index (χ3n) is 7.27. The molecule has 2 unspecified atom stereocenters. The molecule has 0 radical (unpaired) electrons. The van der Waals surface area contributed by atoms with Crippen LogP contribution >= 0.6 is 0 Å². The van der Waals surface area contributed by atoms with Gasteiger partial charge in [0.25, 0.3) is 0 Å². The van der Waals surface area contributed by atoms with Crippen LogP contribution in [0.15, 0.2) is 36.5 Å². The van der Waals surface area contributed by atoms with E-state index >= 15 is 0 Å². The lowest BCUT2D eigenvalue weighted by Crippen LogP contribution is -2.47. The van der Waals surface area contributed by atoms with E-state index in [4.69, 9.17) is 14.7 Å². The highest BCUT2D eigenvalue weighted by Crippen LogP contribution is 2.30. The smallest absolute Gasteiger partial charge is 0.246 e. The van der Waals surface area contributed by atoms with Gasteiger partial charge in [-0.05, 0) is 74.9 Å². The lowest BCUT2D eigenvalue weighted by Gasteiger charge is -2.39. The summed E-state index contributed by atoms with van der Waals surface area (Å²) < 4.78 is 51.8. The number of methoxy groups -OCH3 is 1. The zero-order valence-electron chi connectivity index (χ0n) is 21.5. The summed E-state index contributed by atoms with van der Waals surface area (Å²) in [5.74, 6) is -3.77. The van der Waals surface area contributed by atoms with E-state index in [1.807, 2.05) is 31.3 Å². The van der Waals surface area contributed by atoms with E-state index < -0.39 is 29.1 Å². The molecule has 4 rings (SSSR count). The van der Waals surface area contributed by atoms with Gasteiger partial charge in [-0.3, -0.25) is 19.9 Å². The van der Waals surface area contributed by atoms with Crippen molar-refractivity contribution in [2.75, 3.05) is 26.8 Å². The number of hydroxylamine groups is 1. The maximum absolute atomic E-state index is 14.0. The maximum atomic E-state index is 14.0. The van der Waals surface area contributed by atoms with Gasteiger partial charge in [-0.1, -0.05) is 0 Å². The van der Waals surface area contributed by atoms with Crippen LogP contribution in [0.2, 0.25) is 0 Å². The molecule has 38 heavy (non-hydrogen) atoms. The van der Waals surface area contributed by atoms with Gasteiger partial charge in [-0.25, -0.2) is 18.7 Å². The van der Waals surface area contributed by atoms with Gasteiger partial charge in [0.15, 0.2) is 17.4 Å². The molecule has 2 aromatic carbocycles. The number of rotatable bonds is 10. The van der Waals surface area contributed by atoms with Crippen LogP contribution in [0.1, 0.15) is 36.8 Å². The molecule has 1 aliphatic rings. The summed E-state index contributed by atoms with van der Waals surface area (Å²) in [6.07, 6.45) is 5.33. The summed E-state index contributed by atoms with van der Waals surface area (Å²) in [4.78, 5) is 18.8. The highest BCUT2D eigenvalue weighted by atomic mass is 19.1. The van der Waals surface area contributed by atoms with Crippen molar-refractivity contribution in [1.29, 1.82) is 0 Å². The van der Waals surface area contributed by atoms with Gasteiger partial charge in [0.05, 0.1) is 12.6 Å². The molecule has 0 saturated carbocycles. The molecule has 204 valence electrons. The number of hydrogen-bond donors (Lipinski definition) is 2. The Kier molecular flexibility index (Phi) is 9.06. The van der Waals surface area contributed by atoms with Crippen molar-refractivity contribution in [2.45, 2.75) is 45.1 Å². The highest BCUT2D eigenvalue weighted by molar-refractivity contribution is 5.84. The van der Waals surface area contributed by atoms with E-state index in [0.29, 0.717) is 38.1 Å². The monoisotopic (exact) mass is 531 g/mol. The summed E-state index contributed by atoms with van der Waals surface area (Å²) in [5, 5.41) is 10.2. The van der Waals surface area contributed by atoms with Crippen LogP contribution in [0.4, 0.5) is 13.2 Å². The van der Waals surface area contributed by atoms with Gasteiger partial charge >= 0.3 is 0 Å². The van der Waals surface area contributed by atoms with Crippen molar-refractivity contribution >= 4 is 16.8 Å². The number of benzene rings is 2. The Morgan fingerprint density at radius 2 is 1.97 bits per heavy atom. The number of piperidine rings is 1. The summed E-state index contributed by atoms with van der Waals surface area (Å²) in [7, 11) is 1.63. The average Bonchev–Trinajstić information content (AvgIpc) is 2.91. The van der Waals surface area contributed by atoms with Crippen LogP contribution in [0.25, 0.3) is 10.9 Å². The molecule has 1 fully saturated rings. The first-order valence-electron chi connectivity index (χ1n) is 12.7. The Balaban J connectivity index is 1.43. The van der Waals surface area contributed by atoms with Crippen LogP contribution in [-0.2, 0) is 11.2 Å². The Hall–Kier alpha value is -3.37. The third-order valence-corrected chi connectivity index (χ3v) is 7.27. The molecule has 2 atom stereocenters. The number of amides is 1. The number of hydrogen-bond acceptors (Lipinski definition) is 6. The fourth-order valence-corrected chi connectivity index (χ4v) is 5.26. The summed E-state index contributed by atoms with van der Waals surface area (Å²) in [5.41, 5.74) is 4.92. The molecular formula is C28H32F3N3O4. The topological polar surface area (TPSA) is 83.9 Å². The minimum absolute atomic E-state index is 0.000468. The van der Waals surface area contributed by atoms with Crippen molar-refractivity contribution in [1.82, 2.24) is 15.4 Å². The average molecular weight is 532 g/mol. The van der Waals surface area contributed by atoms with Gasteiger partial charge in [0.1, 0.15) is 18.2 Å². The summed E-state index contributed by atoms with van der Waals surface area (Å²) in [6, 6.07) is 6.98. The number of carbonyl (C=O) groups excluding carboxylic acids is 1. The number of nitrogens with one attached hydrogen (secondary N) is 1. The number of carbonyl (C=O) groups is 1. The van der Waals surface area contributed by atoms with Gasteiger partial charge in [-0.2, -0.15) is 0 Å². The minimum Gasteiger partial charge on any atom is -0.497 e. The van der Waals surface area contributed by atoms with E-state index in [-0.39, 0.29) is 18.6 Å². The Labute approximate surface area is 219 Å². The van der Waals surface area contributed by atoms with Crippen LogP contribution in [-0.4, -0.2) is 53.8 Å². The predicted molar refractivity (Wildman–Crippen MR) is 136 cm³/mol. The second kappa shape index (κ2) is 12.4. The number of aryl methyl sites for hydroxylation is 2. The number of fused-ring (bicyclic) bond motifs is 1. The minimum atomic E-state index is -1.09. The lowest BCUT2D eigenvalue weighted by molar-refractivity contribution is -0.135. The third kappa shape index (κ3) is 6.36. The Morgan fingerprint density at radius 1 is 1.21 bits per heavy atom. The lowest BCUT2D eigenvalue weighted by atomic mass is 9.87. The molecule has 7 nitrogen and oxygen atoms in total. The van der Waals surface area contributed by atoms with Crippen molar-refractivity contribution in [2.24, 2.45) is 5.92 Å². The van der Waals surface area contributed by atoms with E-state index in [1.165, 1.54) is 5.56 Å². The van der Waals surface area contributed by atoms with Crippen LogP contribution < -0.4 is 15.0 Å². The molecule has 0 bridgehead atoms. The van der Waals surface area contributed by atoms with Gasteiger partial charge < -0.3 is 9.47 Å². The number of aromatic nitrogens is 1. The standard InChI is InChI=1S/C28H32F3N3O4/c1-17-16-32-26-7-6-21(37-2)15-23(26)22(17)5-3-4-20-12-18(28(35)33-36)8-9-34(20)10-11-38-27-24(30)13-19(29)14-25(27)31/h6-7,13-16,18,20,36H,3-5,8-12H2,1-2H3,(H,33,35). The number of pyridine rings is 1. The van der Waals surface area contributed by atoms with Crippen LogP contribution in [0, 0.1) is 30.3 Å². The van der Waals surface area contributed by atoms with Crippen LogP contribution in [0.3, 0.4) is 0 Å². The second-order valence-corrected chi connectivity index (χ2v) is 9.63. The van der Waals surface area contributed by atoms with Crippen LogP contribution in [0.5, 0.6) is 11.5 Å². The largest absolute Gasteiger partial charge is 0.497 e.